The predicted octanol–water partition coefficient (Wildman–Crippen LogP) is 2.52. The third-order valence-electron chi connectivity index (χ3n) is 2.17. The minimum Gasteiger partial charge on any atom is -0.469 e. The van der Waals surface area contributed by atoms with Gasteiger partial charge in [-0.25, -0.2) is 0 Å². The lowest BCUT2D eigenvalue weighted by molar-refractivity contribution is 0.513. The van der Waals surface area contributed by atoms with Crippen LogP contribution in [0.1, 0.15) is 5.76 Å². The van der Waals surface area contributed by atoms with Crippen molar-refractivity contribution in [2.24, 2.45) is 0 Å². The highest BCUT2D eigenvalue weighted by Crippen LogP contribution is 2.11. The first-order valence-corrected chi connectivity index (χ1v) is 4.96. The summed E-state index contributed by atoms with van der Waals surface area (Å²) in [5, 5.41) is 3.28. The molecular formula is C12H14N2O. The smallest absolute Gasteiger partial charge is 0.105 e. The van der Waals surface area contributed by atoms with Crippen molar-refractivity contribution in [1.29, 1.82) is 0 Å². The molecule has 1 aromatic carbocycles. The van der Waals surface area contributed by atoms with Gasteiger partial charge in [0.15, 0.2) is 0 Å². The summed E-state index contributed by atoms with van der Waals surface area (Å²) in [4.78, 5) is 0. The molecule has 0 radical (unpaired) electrons. The summed E-state index contributed by atoms with van der Waals surface area (Å²) in [7, 11) is 0. The number of anilines is 2. The van der Waals surface area contributed by atoms with Gasteiger partial charge in [0.1, 0.15) is 5.76 Å². The molecule has 0 bridgehead atoms. The SMILES string of the molecule is Nc1cccc(NCCc2ccco2)c1. The highest BCUT2D eigenvalue weighted by atomic mass is 16.3. The number of furan rings is 1. The molecule has 0 unspecified atom stereocenters. The standard InChI is InChI=1S/C12H14N2O/c13-10-3-1-4-11(9-10)14-7-6-12-5-2-8-15-12/h1-5,8-9,14H,6-7,13H2. The zero-order valence-electron chi connectivity index (χ0n) is 8.44. The third-order valence-corrected chi connectivity index (χ3v) is 2.17. The Morgan fingerprint density at radius 3 is 2.87 bits per heavy atom. The van der Waals surface area contributed by atoms with Crippen LogP contribution in [0.5, 0.6) is 0 Å². The molecule has 1 aromatic heterocycles. The quantitative estimate of drug-likeness (QED) is 0.749. The van der Waals surface area contributed by atoms with Crippen molar-refractivity contribution in [2.45, 2.75) is 6.42 Å². The van der Waals surface area contributed by atoms with E-state index in [0.717, 1.165) is 30.1 Å². The predicted molar refractivity (Wildman–Crippen MR) is 61.8 cm³/mol. The van der Waals surface area contributed by atoms with Crippen LogP contribution in [0.3, 0.4) is 0 Å². The number of nitrogens with one attached hydrogen (secondary N) is 1. The fourth-order valence-electron chi connectivity index (χ4n) is 1.43. The summed E-state index contributed by atoms with van der Waals surface area (Å²) in [5.41, 5.74) is 7.49. The second kappa shape index (κ2) is 4.55. The van der Waals surface area contributed by atoms with Gasteiger partial charge < -0.3 is 15.5 Å². The second-order valence-electron chi connectivity index (χ2n) is 3.38. The van der Waals surface area contributed by atoms with Crippen molar-refractivity contribution in [3.63, 3.8) is 0 Å². The van der Waals surface area contributed by atoms with E-state index < -0.39 is 0 Å². The second-order valence-corrected chi connectivity index (χ2v) is 3.38. The van der Waals surface area contributed by atoms with Crippen LogP contribution in [0, 0.1) is 0 Å². The van der Waals surface area contributed by atoms with Gasteiger partial charge in [-0.2, -0.15) is 0 Å². The Bertz CT molecular complexity index is 409. The van der Waals surface area contributed by atoms with Crippen molar-refractivity contribution in [1.82, 2.24) is 0 Å². The maximum absolute atomic E-state index is 5.67. The number of rotatable bonds is 4. The van der Waals surface area contributed by atoms with Gasteiger partial charge in [0, 0.05) is 24.3 Å². The van der Waals surface area contributed by atoms with Crippen LogP contribution in [0.2, 0.25) is 0 Å². The molecule has 0 saturated heterocycles. The molecule has 15 heavy (non-hydrogen) atoms. The third kappa shape index (κ3) is 2.77. The van der Waals surface area contributed by atoms with Crippen LogP contribution in [0.4, 0.5) is 11.4 Å². The summed E-state index contributed by atoms with van der Waals surface area (Å²) >= 11 is 0. The highest BCUT2D eigenvalue weighted by molar-refractivity contribution is 5.53. The number of nitrogen functional groups attached to an aromatic ring is 1. The molecular weight excluding hydrogens is 188 g/mol. The van der Waals surface area contributed by atoms with E-state index in [1.807, 2.05) is 36.4 Å². The van der Waals surface area contributed by atoms with Crippen molar-refractivity contribution in [3.8, 4) is 0 Å². The first-order chi connectivity index (χ1) is 7.34. The maximum atomic E-state index is 5.67. The number of benzene rings is 1. The van der Waals surface area contributed by atoms with Gasteiger partial charge in [-0.1, -0.05) is 6.07 Å². The van der Waals surface area contributed by atoms with Gasteiger partial charge in [0.2, 0.25) is 0 Å². The molecule has 0 spiro atoms. The Morgan fingerprint density at radius 1 is 1.20 bits per heavy atom. The van der Waals surface area contributed by atoms with Crippen LogP contribution < -0.4 is 11.1 Å². The van der Waals surface area contributed by atoms with Crippen molar-refractivity contribution < 1.29 is 4.42 Å². The molecule has 0 fully saturated rings. The van der Waals surface area contributed by atoms with Crippen LogP contribution in [0.15, 0.2) is 47.1 Å². The monoisotopic (exact) mass is 202 g/mol. The zero-order chi connectivity index (χ0) is 10.5. The van der Waals surface area contributed by atoms with E-state index in [0.29, 0.717) is 0 Å². The van der Waals surface area contributed by atoms with E-state index in [2.05, 4.69) is 5.32 Å². The van der Waals surface area contributed by atoms with Gasteiger partial charge in [-0.15, -0.1) is 0 Å². The summed E-state index contributed by atoms with van der Waals surface area (Å²) in [6, 6.07) is 11.6. The Morgan fingerprint density at radius 2 is 2.13 bits per heavy atom. The van der Waals surface area contributed by atoms with Crippen LogP contribution >= 0.6 is 0 Å². The lowest BCUT2D eigenvalue weighted by atomic mass is 10.2. The lowest BCUT2D eigenvalue weighted by Gasteiger charge is -2.05. The summed E-state index contributed by atoms with van der Waals surface area (Å²) < 4.78 is 5.23. The molecule has 2 aromatic rings. The summed E-state index contributed by atoms with van der Waals surface area (Å²) in [6.45, 7) is 0.844. The van der Waals surface area contributed by atoms with Gasteiger partial charge in [-0.05, 0) is 30.3 Å². The fraction of sp³-hybridized carbons (Fsp3) is 0.167. The molecule has 0 amide bonds. The molecule has 3 heteroatoms. The molecule has 0 atom stereocenters. The van der Waals surface area contributed by atoms with Crippen LogP contribution in [-0.4, -0.2) is 6.54 Å². The number of hydrogen-bond donors (Lipinski definition) is 2. The average molecular weight is 202 g/mol. The Labute approximate surface area is 88.9 Å². The van der Waals surface area contributed by atoms with E-state index in [1.165, 1.54) is 0 Å². The highest BCUT2D eigenvalue weighted by Gasteiger charge is 1.95. The molecule has 1 heterocycles. The molecule has 2 rings (SSSR count). The Kier molecular flexibility index (Phi) is 2.93. The first kappa shape index (κ1) is 9.65. The van der Waals surface area contributed by atoms with E-state index >= 15 is 0 Å². The van der Waals surface area contributed by atoms with Crippen LogP contribution in [-0.2, 0) is 6.42 Å². The van der Waals surface area contributed by atoms with Crippen molar-refractivity contribution in [2.75, 3.05) is 17.6 Å². The average Bonchev–Trinajstić information content (AvgIpc) is 2.71. The van der Waals surface area contributed by atoms with Crippen LogP contribution in [0.25, 0.3) is 0 Å². The minimum absolute atomic E-state index is 0.776. The zero-order valence-corrected chi connectivity index (χ0v) is 8.44. The largest absolute Gasteiger partial charge is 0.469 e. The molecule has 0 aliphatic carbocycles. The molecule has 78 valence electrons. The van der Waals surface area contributed by atoms with Gasteiger partial charge in [0.25, 0.3) is 0 Å². The topological polar surface area (TPSA) is 51.2 Å². The fourth-order valence-corrected chi connectivity index (χ4v) is 1.43. The Balaban J connectivity index is 1.83. The number of hydrogen-bond acceptors (Lipinski definition) is 3. The normalized spacial score (nSPS) is 10.1. The van der Waals surface area contributed by atoms with Crippen molar-refractivity contribution in [3.05, 3.63) is 48.4 Å². The lowest BCUT2D eigenvalue weighted by Crippen LogP contribution is -2.04. The maximum Gasteiger partial charge on any atom is 0.105 e. The van der Waals surface area contributed by atoms with Gasteiger partial charge in [-0.3, -0.25) is 0 Å². The van der Waals surface area contributed by atoms with E-state index in [1.54, 1.807) is 6.26 Å². The summed E-state index contributed by atoms with van der Waals surface area (Å²) in [5.74, 6) is 0.992. The summed E-state index contributed by atoms with van der Waals surface area (Å²) in [6.07, 6.45) is 2.57. The van der Waals surface area contributed by atoms with E-state index in [-0.39, 0.29) is 0 Å². The molecule has 3 nitrogen and oxygen atoms in total. The van der Waals surface area contributed by atoms with Gasteiger partial charge >= 0.3 is 0 Å². The first-order valence-electron chi connectivity index (χ1n) is 4.96. The molecule has 0 aliphatic rings. The number of nitrogens with two attached hydrogens (primary N) is 1. The van der Waals surface area contributed by atoms with E-state index in [4.69, 9.17) is 10.2 Å². The minimum atomic E-state index is 0.776. The van der Waals surface area contributed by atoms with E-state index in [9.17, 15) is 0 Å². The Hall–Kier alpha value is -1.90. The molecule has 0 saturated carbocycles. The van der Waals surface area contributed by atoms with Gasteiger partial charge in [0.05, 0.1) is 6.26 Å². The van der Waals surface area contributed by atoms with Crippen molar-refractivity contribution >= 4 is 11.4 Å². The molecule has 3 N–H and O–H groups in total. The molecule has 0 aliphatic heterocycles.